The minimum Gasteiger partial charge on any atom is -0.462 e. The molecule has 0 saturated carbocycles. The SMILES string of the molecule is CCCC/C=C\CCCCCCCC(=O)OC(COCCCCCCCC/C=C\CCCCCC)COC(=O)CCCCCCC/C=C\CCCCCC. The van der Waals surface area contributed by atoms with Crippen molar-refractivity contribution in [3.63, 3.8) is 0 Å². The summed E-state index contributed by atoms with van der Waals surface area (Å²) >= 11 is 0. The van der Waals surface area contributed by atoms with Crippen LogP contribution in [0.2, 0.25) is 0 Å². The van der Waals surface area contributed by atoms with Crippen LogP contribution < -0.4 is 0 Å². The van der Waals surface area contributed by atoms with Crippen LogP contribution >= 0.6 is 0 Å². The maximum Gasteiger partial charge on any atom is 0.306 e. The van der Waals surface area contributed by atoms with E-state index >= 15 is 0 Å². The number of allylic oxidation sites excluding steroid dienone is 6. The molecule has 0 N–H and O–H groups in total. The van der Waals surface area contributed by atoms with E-state index in [0.29, 0.717) is 19.4 Å². The molecule has 1 atom stereocenters. The van der Waals surface area contributed by atoms with Crippen LogP contribution in [-0.2, 0) is 23.8 Å². The Hall–Kier alpha value is -1.88. The zero-order valence-corrected chi connectivity index (χ0v) is 36.2. The van der Waals surface area contributed by atoms with Gasteiger partial charge in [-0.1, -0.05) is 173 Å². The number of esters is 2. The van der Waals surface area contributed by atoms with Crippen molar-refractivity contribution in [2.45, 2.75) is 245 Å². The molecule has 0 aromatic heterocycles. The van der Waals surface area contributed by atoms with Crippen LogP contribution in [0, 0.1) is 0 Å². The second-order valence-corrected chi connectivity index (χ2v) is 15.6. The minimum atomic E-state index is -0.541. The van der Waals surface area contributed by atoms with Gasteiger partial charge in [-0.25, -0.2) is 0 Å². The summed E-state index contributed by atoms with van der Waals surface area (Å²) in [4.78, 5) is 25.2. The number of hydrogen-bond donors (Lipinski definition) is 0. The van der Waals surface area contributed by atoms with E-state index in [1.807, 2.05) is 0 Å². The number of ether oxygens (including phenoxy) is 3. The molecule has 0 amide bonds. The highest BCUT2D eigenvalue weighted by Gasteiger charge is 2.17. The summed E-state index contributed by atoms with van der Waals surface area (Å²) in [6.45, 7) is 7.75. The molecule has 0 aliphatic carbocycles. The second kappa shape index (κ2) is 45.5. The lowest BCUT2D eigenvalue weighted by atomic mass is 10.1. The molecule has 0 aromatic rings. The Kier molecular flexibility index (Phi) is 43.9. The molecule has 0 heterocycles. The molecule has 54 heavy (non-hydrogen) atoms. The van der Waals surface area contributed by atoms with Gasteiger partial charge in [0, 0.05) is 19.4 Å². The molecular weight excluding hydrogens is 669 g/mol. The van der Waals surface area contributed by atoms with Crippen molar-refractivity contribution in [2.75, 3.05) is 19.8 Å². The van der Waals surface area contributed by atoms with E-state index < -0.39 is 6.10 Å². The third kappa shape index (κ3) is 42.9. The van der Waals surface area contributed by atoms with Crippen LogP contribution in [-0.4, -0.2) is 37.9 Å². The summed E-state index contributed by atoms with van der Waals surface area (Å²) in [7, 11) is 0. The Balaban J connectivity index is 4.26. The largest absolute Gasteiger partial charge is 0.462 e. The molecule has 0 aliphatic rings. The predicted octanol–water partition coefficient (Wildman–Crippen LogP) is 15.4. The highest BCUT2D eigenvalue weighted by Crippen LogP contribution is 2.13. The van der Waals surface area contributed by atoms with Gasteiger partial charge in [-0.3, -0.25) is 9.59 Å². The van der Waals surface area contributed by atoms with Crippen LogP contribution in [0.15, 0.2) is 36.5 Å². The summed E-state index contributed by atoms with van der Waals surface area (Å²) < 4.78 is 17.3. The summed E-state index contributed by atoms with van der Waals surface area (Å²) in [5.74, 6) is -0.416. The first kappa shape index (κ1) is 52.1. The van der Waals surface area contributed by atoms with Gasteiger partial charge in [0.25, 0.3) is 0 Å². The molecule has 5 heteroatoms. The van der Waals surface area contributed by atoms with Crippen LogP contribution in [0.4, 0.5) is 0 Å². The quantitative estimate of drug-likeness (QED) is 0.0352. The maximum absolute atomic E-state index is 12.7. The Bertz CT molecular complexity index is 862. The van der Waals surface area contributed by atoms with Crippen LogP contribution in [0.3, 0.4) is 0 Å². The zero-order chi connectivity index (χ0) is 39.3. The smallest absolute Gasteiger partial charge is 0.306 e. The van der Waals surface area contributed by atoms with E-state index in [-0.39, 0.29) is 25.2 Å². The van der Waals surface area contributed by atoms with E-state index in [0.717, 1.165) is 64.2 Å². The molecule has 5 nitrogen and oxygen atoms in total. The number of rotatable bonds is 43. The van der Waals surface area contributed by atoms with E-state index in [4.69, 9.17) is 14.2 Å². The molecule has 0 radical (unpaired) electrons. The van der Waals surface area contributed by atoms with Crippen molar-refractivity contribution in [3.8, 4) is 0 Å². The van der Waals surface area contributed by atoms with Gasteiger partial charge >= 0.3 is 11.9 Å². The van der Waals surface area contributed by atoms with E-state index in [1.165, 1.54) is 141 Å². The van der Waals surface area contributed by atoms with Gasteiger partial charge in [0.1, 0.15) is 6.61 Å². The Morgan fingerprint density at radius 3 is 1.19 bits per heavy atom. The Labute approximate surface area is 336 Å². The lowest BCUT2D eigenvalue weighted by molar-refractivity contribution is -0.163. The molecule has 0 aromatic carbocycles. The fourth-order valence-corrected chi connectivity index (χ4v) is 6.54. The third-order valence-electron chi connectivity index (χ3n) is 10.1. The first-order chi connectivity index (χ1) is 26.6. The van der Waals surface area contributed by atoms with Gasteiger partial charge in [0.2, 0.25) is 0 Å². The summed E-state index contributed by atoms with van der Waals surface area (Å²) in [6, 6.07) is 0. The van der Waals surface area contributed by atoms with Crippen LogP contribution in [0.25, 0.3) is 0 Å². The average Bonchev–Trinajstić information content (AvgIpc) is 3.17. The normalized spacial score (nSPS) is 12.4. The number of unbranched alkanes of at least 4 members (excludes halogenated alkanes) is 26. The molecule has 316 valence electrons. The van der Waals surface area contributed by atoms with Gasteiger partial charge in [-0.05, 0) is 89.9 Å². The van der Waals surface area contributed by atoms with Crippen molar-refractivity contribution in [2.24, 2.45) is 0 Å². The topological polar surface area (TPSA) is 61.8 Å². The predicted molar refractivity (Wildman–Crippen MR) is 233 cm³/mol. The van der Waals surface area contributed by atoms with Crippen molar-refractivity contribution >= 4 is 11.9 Å². The van der Waals surface area contributed by atoms with Crippen molar-refractivity contribution in [1.29, 1.82) is 0 Å². The highest BCUT2D eigenvalue weighted by atomic mass is 16.6. The van der Waals surface area contributed by atoms with Crippen molar-refractivity contribution < 1.29 is 23.8 Å². The molecule has 0 rings (SSSR count). The van der Waals surface area contributed by atoms with E-state index in [1.54, 1.807) is 0 Å². The average molecular weight is 759 g/mol. The molecule has 0 bridgehead atoms. The lowest BCUT2D eigenvalue weighted by Crippen LogP contribution is -2.30. The fraction of sp³-hybridized carbons (Fsp3) is 0.837. The van der Waals surface area contributed by atoms with Crippen molar-refractivity contribution in [3.05, 3.63) is 36.5 Å². The second-order valence-electron chi connectivity index (χ2n) is 15.6. The van der Waals surface area contributed by atoms with Gasteiger partial charge in [-0.15, -0.1) is 0 Å². The summed E-state index contributed by atoms with van der Waals surface area (Å²) in [5.41, 5.74) is 0. The number of carbonyl (C=O) groups is 2. The monoisotopic (exact) mass is 759 g/mol. The first-order valence-electron chi connectivity index (χ1n) is 23.5. The highest BCUT2D eigenvalue weighted by molar-refractivity contribution is 5.70. The molecular formula is C49H90O5. The summed E-state index contributed by atoms with van der Waals surface area (Å²) in [5, 5.41) is 0. The maximum atomic E-state index is 12.7. The zero-order valence-electron chi connectivity index (χ0n) is 36.2. The standard InChI is InChI=1S/C49H90O5/c1-4-7-10-13-16-19-22-24-26-29-32-35-38-41-44-52-45-47(54-49(51)43-40-37-34-31-27-21-18-15-12-9-6-3)46-53-48(50)42-39-36-33-30-28-25-23-20-17-14-11-8-5-2/h15,18-20,22-23,47H,4-14,16-17,21,24-46H2,1-3H3/b18-15-,22-19-,23-20-. The molecule has 1 unspecified atom stereocenters. The minimum absolute atomic E-state index is 0.0777. The number of hydrogen-bond acceptors (Lipinski definition) is 5. The van der Waals surface area contributed by atoms with E-state index in [9.17, 15) is 9.59 Å². The first-order valence-corrected chi connectivity index (χ1v) is 23.5. The van der Waals surface area contributed by atoms with Gasteiger partial charge in [0.05, 0.1) is 6.61 Å². The molecule has 0 aliphatic heterocycles. The van der Waals surface area contributed by atoms with Gasteiger partial charge in [0.15, 0.2) is 6.10 Å². The molecule has 0 fully saturated rings. The van der Waals surface area contributed by atoms with Crippen molar-refractivity contribution in [1.82, 2.24) is 0 Å². The lowest BCUT2D eigenvalue weighted by Gasteiger charge is -2.18. The van der Waals surface area contributed by atoms with Crippen LogP contribution in [0.1, 0.15) is 239 Å². The molecule has 0 saturated heterocycles. The third-order valence-corrected chi connectivity index (χ3v) is 10.1. The fourth-order valence-electron chi connectivity index (χ4n) is 6.54. The van der Waals surface area contributed by atoms with E-state index in [2.05, 4.69) is 57.2 Å². The Morgan fingerprint density at radius 1 is 0.389 bits per heavy atom. The Morgan fingerprint density at radius 2 is 0.741 bits per heavy atom. The summed E-state index contributed by atoms with van der Waals surface area (Å²) in [6.07, 6.45) is 52.8. The van der Waals surface area contributed by atoms with Gasteiger partial charge in [-0.2, -0.15) is 0 Å². The van der Waals surface area contributed by atoms with Crippen LogP contribution in [0.5, 0.6) is 0 Å². The van der Waals surface area contributed by atoms with Gasteiger partial charge < -0.3 is 14.2 Å². The molecule has 0 spiro atoms. The number of carbonyl (C=O) groups excluding carboxylic acids is 2.